The molecule has 1 heterocycles. The molecule has 1 N–H and O–H groups in total. The molecule has 2 atom stereocenters. The van der Waals surface area contributed by atoms with Crippen LogP contribution in [0.2, 0.25) is 5.02 Å². The summed E-state index contributed by atoms with van der Waals surface area (Å²) in [6.07, 6.45) is 1.04. The molecule has 0 bridgehead atoms. The molecule has 5 nitrogen and oxygen atoms in total. The molecule has 0 aliphatic carbocycles. The minimum atomic E-state index is -3.23. The molecule has 7 heteroatoms. The van der Waals surface area contributed by atoms with Gasteiger partial charge in [-0.1, -0.05) is 23.7 Å². The minimum Gasteiger partial charge on any atom is -0.480 e. The van der Waals surface area contributed by atoms with Gasteiger partial charge in [-0.2, -0.15) is 0 Å². The van der Waals surface area contributed by atoms with Gasteiger partial charge in [-0.25, -0.2) is 8.42 Å². The van der Waals surface area contributed by atoms with Crippen LogP contribution in [-0.4, -0.2) is 26.7 Å². The van der Waals surface area contributed by atoms with E-state index in [1.165, 1.54) is 12.1 Å². The van der Waals surface area contributed by atoms with E-state index in [4.69, 9.17) is 16.3 Å². The minimum absolute atomic E-state index is 0.216. The van der Waals surface area contributed by atoms with Gasteiger partial charge in [0.15, 0.2) is 15.9 Å². The van der Waals surface area contributed by atoms with Crippen LogP contribution in [0, 0.1) is 0 Å². The summed E-state index contributed by atoms with van der Waals surface area (Å²) in [5.41, 5.74) is 1.73. The molecule has 2 aromatic carbocycles. The molecule has 0 unspecified atom stereocenters. The average Bonchev–Trinajstić information content (AvgIpc) is 2.97. The van der Waals surface area contributed by atoms with Crippen LogP contribution in [-0.2, 0) is 21.1 Å². The topological polar surface area (TPSA) is 72.5 Å². The Hall–Kier alpha value is -2.05. The monoisotopic (exact) mass is 379 g/mol. The molecule has 0 aromatic heterocycles. The lowest BCUT2D eigenvalue weighted by atomic mass is 10.1. The van der Waals surface area contributed by atoms with Gasteiger partial charge < -0.3 is 10.1 Å². The first-order valence-corrected chi connectivity index (χ1v) is 10.1. The molecule has 0 spiro atoms. The van der Waals surface area contributed by atoms with Gasteiger partial charge in [0.1, 0.15) is 5.75 Å². The second-order valence-electron chi connectivity index (χ2n) is 6.13. The van der Waals surface area contributed by atoms with Crippen molar-refractivity contribution < 1.29 is 17.9 Å². The highest BCUT2D eigenvalue weighted by molar-refractivity contribution is 7.90. The standard InChI is InChI=1S/C18H18ClNO4S/c1-11(12-3-6-15(7-4-12)25(2,22)23)20-18(21)17-10-13-9-14(19)5-8-16(13)24-17/h3-9,11,17H,10H2,1-2H3,(H,20,21)/t11-,17-/m1/s1. The summed E-state index contributed by atoms with van der Waals surface area (Å²) >= 11 is 5.96. The third kappa shape index (κ3) is 3.96. The molecule has 3 rings (SSSR count). The number of rotatable bonds is 4. The van der Waals surface area contributed by atoms with Crippen molar-refractivity contribution in [2.45, 2.75) is 30.4 Å². The van der Waals surface area contributed by atoms with Gasteiger partial charge in [-0.3, -0.25) is 4.79 Å². The fourth-order valence-corrected chi connectivity index (χ4v) is 3.58. The maximum Gasteiger partial charge on any atom is 0.261 e. The van der Waals surface area contributed by atoms with Crippen LogP contribution in [0.4, 0.5) is 0 Å². The van der Waals surface area contributed by atoms with Crippen LogP contribution in [0.3, 0.4) is 0 Å². The van der Waals surface area contributed by atoms with Crippen molar-refractivity contribution in [3.8, 4) is 5.75 Å². The summed E-state index contributed by atoms with van der Waals surface area (Å²) in [5, 5.41) is 3.51. The Labute approximate surface area is 151 Å². The zero-order valence-corrected chi connectivity index (χ0v) is 15.4. The first kappa shape index (κ1) is 17.8. The molecular weight excluding hydrogens is 362 g/mol. The summed E-state index contributed by atoms with van der Waals surface area (Å²) in [6.45, 7) is 1.84. The van der Waals surface area contributed by atoms with Crippen molar-refractivity contribution >= 4 is 27.3 Å². The number of hydrogen-bond acceptors (Lipinski definition) is 4. The Morgan fingerprint density at radius 2 is 1.92 bits per heavy atom. The van der Waals surface area contributed by atoms with Gasteiger partial charge in [0.25, 0.3) is 5.91 Å². The molecule has 132 valence electrons. The lowest BCUT2D eigenvalue weighted by molar-refractivity contribution is -0.127. The van der Waals surface area contributed by atoms with E-state index in [1.807, 2.05) is 6.92 Å². The van der Waals surface area contributed by atoms with Crippen molar-refractivity contribution in [3.63, 3.8) is 0 Å². The summed E-state index contributed by atoms with van der Waals surface area (Å²) < 4.78 is 28.7. The van der Waals surface area contributed by atoms with Crippen LogP contribution < -0.4 is 10.1 Å². The molecule has 0 saturated carbocycles. The highest BCUT2D eigenvalue weighted by atomic mass is 35.5. The third-order valence-corrected chi connectivity index (χ3v) is 5.52. The Bertz CT molecular complexity index is 909. The van der Waals surface area contributed by atoms with Gasteiger partial charge in [-0.15, -0.1) is 0 Å². The summed E-state index contributed by atoms with van der Waals surface area (Å²) in [5.74, 6) is 0.460. The Morgan fingerprint density at radius 1 is 1.24 bits per heavy atom. The zero-order valence-electron chi connectivity index (χ0n) is 13.8. The van der Waals surface area contributed by atoms with Gasteiger partial charge >= 0.3 is 0 Å². The number of carbonyl (C=O) groups is 1. The van der Waals surface area contributed by atoms with Gasteiger partial charge in [-0.05, 0) is 48.4 Å². The van der Waals surface area contributed by atoms with E-state index in [-0.39, 0.29) is 16.8 Å². The number of hydrogen-bond donors (Lipinski definition) is 1. The predicted octanol–water partition coefficient (Wildman–Crippen LogP) is 2.92. The number of halogens is 1. The SMILES string of the molecule is C[C@@H](NC(=O)[C@H]1Cc2cc(Cl)ccc2O1)c1ccc(S(C)(=O)=O)cc1. The number of sulfone groups is 1. The number of fused-ring (bicyclic) bond motifs is 1. The average molecular weight is 380 g/mol. The molecule has 2 aromatic rings. The van der Waals surface area contributed by atoms with Crippen LogP contribution >= 0.6 is 11.6 Å². The zero-order chi connectivity index (χ0) is 18.2. The van der Waals surface area contributed by atoms with Crippen molar-refractivity contribution in [3.05, 3.63) is 58.6 Å². The van der Waals surface area contributed by atoms with Crippen molar-refractivity contribution in [1.82, 2.24) is 5.32 Å². The maximum atomic E-state index is 12.4. The Balaban J connectivity index is 1.65. The predicted molar refractivity (Wildman–Crippen MR) is 95.7 cm³/mol. The van der Waals surface area contributed by atoms with E-state index in [0.29, 0.717) is 17.2 Å². The van der Waals surface area contributed by atoms with E-state index < -0.39 is 15.9 Å². The fraction of sp³-hybridized carbons (Fsp3) is 0.278. The molecule has 25 heavy (non-hydrogen) atoms. The quantitative estimate of drug-likeness (QED) is 0.886. The van der Waals surface area contributed by atoms with E-state index in [0.717, 1.165) is 17.4 Å². The number of carbonyl (C=O) groups excluding carboxylic acids is 1. The second kappa shape index (κ2) is 6.69. The second-order valence-corrected chi connectivity index (χ2v) is 8.59. The van der Waals surface area contributed by atoms with Crippen LogP contribution in [0.1, 0.15) is 24.1 Å². The van der Waals surface area contributed by atoms with Crippen LogP contribution in [0.15, 0.2) is 47.4 Å². The summed E-state index contributed by atoms with van der Waals surface area (Å²) in [6, 6.07) is 11.5. The highest BCUT2D eigenvalue weighted by Gasteiger charge is 2.30. The van der Waals surface area contributed by atoms with Crippen molar-refractivity contribution in [1.29, 1.82) is 0 Å². The number of benzene rings is 2. The molecule has 0 saturated heterocycles. The molecule has 1 amide bonds. The molecule has 0 fully saturated rings. The highest BCUT2D eigenvalue weighted by Crippen LogP contribution is 2.31. The van der Waals surface area contributed by atoms with Crippen LogP contribution in [0.5, 0.6) is 5.75 Å². The van der Waals surface area contributed by atoms with E-state index in [1.54, 1.807) is 30.3 Å². The number of amides is 1. The third-order valence-electron chi connectivity index (χ3n) is 4.16. The number of ether oxygens (including phenoxy) is 1. The Morgan fingerprint density at radius 3 is 2.56 bits per heavy atom. The summed E-state index contributed by atoms with van der Waals surface area (Å²) in [7, 11) is -3.23. The molecule has 1 aliphatic rings. The normalized spacial score (nSPS) is 17.5. The Kier molecular flexibility index (Phi) is 4.75. The van der Waals surface area contributed by atoms with E-state index in [9.17, 15) is 13.2 Å². The van der Waals surface area contributed by atoms with Crippen LogP contribution in [0.25, 0.3) is 0 Å². The lowest BCUT2D eigenvalue weighted by Crippen LogP contribution is -2.38. The smallest absolute Gasteiger partial charge is 0.261 e. The van der Waals surface area contributed by atoms with E-state index >= 15 is 0 Å². The van der Waals surface area contributed by atoms with Crippen molar-refractivity contribution in [2.75, 3.05) is 6.26 Å². The molecular formula is C18H18ClNO4S. The largest absolute Gasteiger partial charge is 0.480 e. The fourth-order valence-electron chi connectivity index (χ4n) is 2.76. The number of nitrogens with one attached hydrogen (secondary N) is 1. The summed E-state index contributed by atoms with van der Waals surface area (Å²) in [4.78, 5) is 12.7. The van der Waals surface area contributed by atoms with Gasteiger partial charge in [0.2, 0.25) is 0 Å². The van der Waals surface area contributed by atoms with Gasteiger partial charge in [0, 0.05) is 17.7 Å². The van der Waals surface area contributed by atoms with Gasteiger partial charge in [0.05, 0.1) is 10.9 Å². The lowest BCUT2D eigenvalue weighted by Gasteiger charge is -2.17. The maximum absolute atomic E-state index is 12.4. The van der Waals surface area contributed by atoms with Crippen molar-refractivity contribution in [2.24, 2.45) is 0 Å². The first-order valence-electron chi connectivity index (χ1n) is 7.79. The molecule has 1 aliphatic heterocycles. The van der Waals surface area contributed by atoms with E-state index in [2.05, 4.69) is 5.32 Å². The molecule has 0 radical (unpaired) electrons. The first-order chi connectivity index (χ1) is 11.7.